The number of hydrogen-bond acceptors (Lipinski definition) is 5. The molecule has 0 fully saturated rings. The third kappa shape index (κ3) is 3.87. The van der Waals surface area contributed by atoms with Gasteiger partial charge in [-0.15, -0.1) is 0 Å². The van der Waals surface area contributed by atoms with Crippen molar-refractivity contribution in [3.05, 3.63) is 40.9 Å². The molecule has 0 radical (unpaired) electrons. The lowest BCUT2D eigenvalue weighted by Gasteiger charge is -2.09. The first-order chi connectivity index (χ1) is 9.19. The fourth-order valence-corrected chi connectivity index (χ4v) is 1.81. The Bertz CT molecular complexity index is 564. The highest BCUT2D eigenvalue weighted by Gasteiger charge is 2.05. The van der Waals surface area contributed by atoms with Crippen LogP contribution in [0.3, 0.4) is 0 Å². The highest BCUT2D eigenvalue weighted by Crippen LogP contribution is 2.23. The van der Waals surface area contributed by atoms with E-state index in [2.05, 4.69) is 36.5 Å². The Morgan fingerprint density at radius 3 is 2.79 bits per heavy atom. The van der Waals surface area contributed by atoms with Crippen LogP contribution in [0.4, 0.5) is 21.7 Å². The predicted octanol–water partition coefficient (Wildman–Crippen LogP) is 2.49. The SMILES string of the molecule is NCCNc1cc(Nc2cc(Br)ccc2F)ncn1. The van der Waals surface area contributed by atoms with Crippen molar-refractivity contribution in [2.45, 2.75) is 0 Å². The maximum Gasteiger partial charge on any atom is 0.146 e. The van der Waals surface area contributed by atoms with Crippen molar-refractivity contribution in [1.29, 1.82) is 0 Å². The summed E-state index contributed by atoms with van der Waals surface area (Å²) in [6.07, 6.45) is 1.40. The average molecular weight is 326 g/mol. The molecule has 4 N–H and O–H groups in total. The molecule has 19 heavy (non-hydrogen) atoms. The minimum Gasteiger partial charge on any atom is -0.369 e. The highest BCUT2D eigenvalue weighted by atomic mass is 79.9. The minimum absolute atomic E-state index is 0.345. The van der Waals surface area contributed by atoms with Crippen LogP contribution in [0.2, 0.25) is 0 Å². The van der Waals surface area contributed by atoms with Gasteiger partial charge in [0.25, 0.3) is 0 Å². The molecule has 100 valence electrons. The van der Waals surface area contributed by atoms with Crippen LogP contribution in [0.5, 0.6) is 0 Å². The Balaban J connectivity index is 2.16. The Morgan fingerprint density at radius 1 is 1.21 bits per heavy atom. The van der Waals surface area contributed by atoms with Gasteiger partial charge in [0, 0.05) is 23.6 Å². The molecule has 1 aromatic heterocycles. The fraction of sp³-hybridized carbons (Fsp3) is 0.167. The minimum atomic E-state index is -0.349. The van der Waals surface area contributed by atoms with E-state index in [1.807, 2.05) is 0 Å². The number of hydrogen-bond donors (Lipinski definition) is 3. The second-order valence-electron chi connectivity index (χ2n) is 3.75. The molecule has 2 aromatic rings. The smallest absolute Gasteiger partial charge is 0.146 e. The number of nitrogens with zero attached hydrogens (tertiary/aromatic N) is 2. The van der Waals surface area contributed by atoms with Gasteiger partial charge in [0.1, 0.15) is 23.8 Å². The van der Waals surface area contributed by atoms with E-state index in [9.17, 15) is 4.39 Å². The van der Waals surface area contributed by atoms with Gasteiger partial charge in [-0.25, -0.2) is 14.4 Å². The van der Waals surface area contributed by atoms with Crippen LogP contribution < -0.4 is 16.4 Å². The lowest BCUT2D eigenvalue weighted by molar-refractivity contribution is 0.631. The van der Waals surface area contributed by atoms with Gasteiger partial charge in [-0.1, -0.05) is 15.9 Å². The summed E-state index contributed by atoms with van der Waals surface area (Å²) in [7, 11) is 0. The first-order valence-corrected chi connectivity index (χ1v) is 6.46. The van der Waals surface area contributed by atoms with Crippen LogP contribution in [0.25, 0.3) is 0 Å². The zero-order valence-electron chi connectivity index (χ0n) is 10.0. The van der Waals surface area contributed by atoms with Gasteiger partial charge < -0.3 is 16.4 Å². The summed E-state index contributed by atoms with van der Waals surface area (Å²) in [4.78, 5) is 8.08. The van der Waals surface area contributed by atoms with Crippen LogP contribution in [0.1, 0.15) is 0 Å². The van der Waals surface area contributed by atoms with E-state index < -0.39 is 0 Å². The summed E-state index contributed by atoms with van der Waals surface area (Å²) >= 11 is 3.29. The maximum atomic E-state index is 13.6. The summed E-state index contributed by atoms with van der Waals surface area (Å²) in [6.45, 7) is 1.12. The Kier molecular flexibility index (Phi) is 4.64. The fourth-order valence-electron chi connectivity index (χ4n) is 1.45. The summed E-state index contributed by atoms with van der Waals surface area (Å²) in [5.74, 6) is 0.795. The van der Waals surface area contributed by atoms with Crippen LogP contribution in [0.15, 0.2) is 35.1 Å². The van der Waals surface area contributed by atoms with Gasteiger partial charge in [-0.05, 0) is 18.2 Å². The second-order valence-corrected chi connectivity index (χ2v) is 4.67. The van der Waals surface area contributed by atoms with Gasteiger partial charge in [0.15, 0.2) is 0 Å². The van der Waals surface area contributed by atoms with Crippen LogP contribution in [-0.2, 0) is 0 Å². The second kappa shape index (κ2) is 6.44. The normalized spacial score (nSPS) is 10.3. The van der Waals surface area contributed by atoms with Crippen molar-refractivity contribution < 1.29 is 4.39 Å². The first kappa shape index (κ1) is 13.7. The number of anilines is 3. The lowest BCUT2D eigenvalue weighted by Crippen LogP contribution is -2.14. The molecular weight excluding hydrogens is 313 g/mol. The van der Waals surface area contributed by atoms with E-state index in [1.54, 1.807) is 18.2 Å². The third-order valence-electron chi connectivity index (χ3n) is 2.31. The summed E-state index contributed by atoms with van der Waals surface area (Å²) in [5, 5.41) is 5.93. The molecule has 0 aliphatic rings. The number of rotatable bonds is 5. The van der Waals surface area contributed by atoms with Crippen molar-refractivity contribution in [1.82, 2.24) is 9.97 Å². The Hall–Kier alpha value is -1.73. The van der Waals surface area contributed by atoms with Gasteiger partial charge in [0.2, 0.25) is 0 Å². The third-order valence-corrected chi connectivity index (χ3v) is 2.80. The summed E-state index contributed by atoms with van der Waals surface area (Å²) in [6, 6.07) is 6.34. The molecule has 0 saturated carbocycles. The van der Waals surface area contributed by atoms with E-state index in [1.165, 1.54) is 12.4 Å². The highest BCUT2D eigenvalue weighted by molar-refractivity contribution is 9.10. The van der Waals surface area contributed by atoms with Gasteiger partial charge in [0.05, 0.1) is 5.69 Å². The number of nitrogens with one attached hydrogen (secondary N) is 2. The number of halogens is 2. The predicted molar refractivity (Wildman–Crippen MR) is 77.0 cm³/mol. The lowest BCUT2D eigenvalue weighted by atomic mass is 10.3. The molecule has 7 heteroatoms. The molecule has 0 aliphatic heterocycles. The van der Waals surface area contributed by atoms with Crippen molar-refractivity contribution >= 4 is 33.3 Å². The molecule has 0 saturated heterocycles. The zero-order valence-corrected chi connectivity index (χ0v) is 11.6. The van der Waals surface area contributed by atoms with Crippen molar-refractivity contribution in [3.8, 4) is 0 Å². The molecule has 0 bridgehead atoms. The molecule has 5 nitrogen and oxygen atoms in total. The molecule has 2 rings (SSSR count). The van der Waals surface area contributed by atoms with Crippen LogP contribution in [-0.4, -0.2) is 23.1 Å². The van der Waals surface area contributed by atoms with E-state index in [4.69, 9.17) is 5.73 Å². The summed E-state index contributed by atoms with van der Waals surface area (Å²) < 4.78 is 14.4. The average Bonchev–Trinajstić information content (AvgIpc) is 2.41. The molecule has 0 amide bonds. The number of aromatic nitrogens is 2. The summed E-state index contributed by atoms with van der Waals surface area (Å²) in [5.41, 5.74) is 5.74. The van der Waals surface area contributed by atoms with Crippen molar-refractivity contribution in [3.63, 3.8) is 0 Å². The zero-order chi connectivity index (χ0) is 13.7. The van der Waals surface area contributed by atoms with E-state index in [0.29, 0.717) is 30.4 Å². The van der Waals surface area contributed by atoms with Gasteiger partial charge in [-0.3, -0.25) is 0 Å². The molecule has 0 atom stereocenters. The molecule has 1 aromatic carbocycles. The standard InChI is InChI=1S/C12H13BrFN5/c13-8-1-2-9(14)10(5-8)19-12-6-11(16-4-3-15)17-7-18-12/h1-2,5-7H,3-4,15H2,(H2,16,17,18,19). The Labute approximate surface area is 118 Å². The quantitative estimate of drug-likeness (QED) is 0.787. The van der Waals surface area contributed by atoms with E-state index >= 15 is 0 Å². The van der Waals surface area contributed by atoms with Crippen LogP contribution >= 0.6 is 15.9 Å². The first-order valence-electron chi connectivity index (χ1n) is 5.67. The van der Waals surface area contributed by atoms with E-state index in [0.717, 1.165) is 4.47 Å². The van der Waals surface area contributed by atoms with Crippen molar-refractivity contribution in [2.24, 2.45) is 5.73 Å². The largest absolute Gasteiger partial charge is 0.369 e. The molecular formula is C12H13BrFN5. The molecule has 0 unspecified atom stereocenters. The number of benzene rings is 1. The molecule has 0 spiro atoms. The molecule has 0 aliphatic carbocycles. The van der Waals surface area contributed by atoms with Crippen LogP contribution in [0, 0.1) is 5.82 Å². The number of nitrogens with two attached hydrogens (primary N) is 1. The van der Waals surface area contributed by atoms with Gasteiger partial charge in [-0.2, -0.15) is 0 Å². The van der Waals surface area contributed by atoms with Crippen molar-refractivity contribution in [2.75, 3.05) is 23.7 Å². The Morgan fingerprint density at radius 2 is 2.00 bits per heavy atom. The topological polar surface area (TPSA) is 75.9 Å². The van der Waals surface area contributed by atoms with Gasteiger partial charge >= 0.3 is 0 Å². The monoisotopic (exact) mass is 325 g/mol. The maximum absolute atomic E-state index is 13.6. The van der Waals surface area contributed by atoms with E-state index in [-0.39, 0.29) is 5.82 Å². The molecule has 1 heterocycles.